The molecule has 7 heteroatoms. The van der Waals surface area contributed by atoms with Crippen molar-refractivity contribution in [2.45, 2.75) is 54.6 Å². The second-order valence-corrected chi connectivity index (χ2v) is 10.6. The summed E-state index contributed by atoms with van der Waals surface area (Å²) < 4.78 is 29.0. The van der Waals surface area contributed by atoms with Crippen LogP contribution in [-0.4, -0.2) is 26.1 Å². The van der Waals surface area contributed by atoms with E-state index in [1.165, 1.54) is 12.5 Å². The van der Waals surface area contributed by atoms with Crippen LogP contribution in [0.4, 0.5) is 11.4 Å². The molecule has 1 heterocycles. The number of nitrogens with one attached hydrogen (secondary N) is 1. The molecule has 28 heavy (non-hydrogen) atoms. The number of carbonyl (C=O) groups is 1. The highest BCUT2D eigenvalue weighted by molar-refractivity contribution is 8.00. The molecule has 0 spiro atoms. The van der Waals surface area contributed by atoms with Crippen LogP contribution >= 0.6 is 11.8 Å². The van der Waals surface area contributed by atoms with E-state index in [0.29, 0.717) is 17.9 Å². The minimum absolute atomic E-state index is 0.0759. The monoisotopic (exact) mass is 416 g/mol. The first-order valence-electron chi connectivity index (χ1n) is 9.57. The topological polar surface area (TPSA) is 66.5 Å². The SMILES string of the molecule is CC(=O)N1C[C@@H](C)Sc2ccc(S(=O)(=O)Nc3cccc4c3CCCC4)cc21. The van der Waals surface area contributed by atoms with Gasteiger partial charge in [-0.2, -0.15) is 0 Å². The molecule has 0 saturated heterocycles. The third kappa shape index (κ3) is 3.65. The van der Waals surface area contributed by atoms with Gasteiger partial charge in [0.05, 0.1) is 16.3 Å². The molecule has 0 radical (unpaired) electrons. The number of carbonyl (C=O) groups excluding carboxylic acids is 1. The number of anilines is 2. The van der Waals surface area contributed by atoms with Gasteiger partial charge in [-0.25, -0.2) is 8.42 Å². The van der Waals surface area contributed by atoms with Gasteiger partial charge in [0.25, 0.3) is 10.0 Å². The Hall–Kier alpha value is -1.99. The van der Waals surface area contributed by atoms with Crippen molar-refractivity contribution in [2.24, 2.45) is 0 Å². The van der Waals surface area contributed by atoms with Gasteiger partial charge in [-0.05, 0) is 61.1 Å². The standard InChI is InChI=1S/C21H24N2O3S2/c1-14-13-23(15(2)24)20-12-17(10-11-21(20)27-14)28(25,26)22-19-9-5-7-16-6-3-4-8-18(16)19/h5,7,9-12,14,22H,3-4,6,8,13H2,1-2H3/t14-/m1/s1. The maximum absolute atomic E-state index is 13.1. The van der Waals surface area contributed by atoms with Gasteiger partial charge in [0.1, 0.15) is 0 Å². The van der Waals surface area contributed by atoms with E-state index < -0.39 is 10.0 Å². The van der Waals surface area contributed by atoms with Gasteiger partial charge >= 0.3 is 0 Å². The van der Waals surface area contributed by atoms with Crippen LogP contribution in [-0.2, 0) is 27.7 Å². The van der Waals surface area contributed by atoms with Crippen molar-refractivity contribution in [3.05, 3.63) is 47.5 Å². The molecule has 0 saturated carbocycles. The van der Waals surface area contributed by atoms with Crippen molar-refractivity contribution in [2.75, 3.05) is 16.2 Å². The van der Waals surface area contributed by atoms with E-state index in [2.05, 4.69) is 17.7 Å². The molecule has 1 atom stereocenters. The Kier molecular flexibility index (Phi) is 5.14. The predicted octanol–water partition coefficient (Wildman–Crippen LogP) is 4.21. The Balaban J connectivity index is 1.70. The Morgan fingerprint density at radius 1 is 1.18 bits per heavy atom. The van der Waals surface area contributed by atoms with Gasteiger partial charge in [0.15, 0.2) is 0 Å². The molecule has 0 unspecified atom stereocenters. The maximum Gasteiger partial charge on any atom is 0.261 e. The molecule has 1 aliphatic carbocycles. The Bertz CT molecular complexity index is 1030. The summed E-state index contributed by atoms with van der Waals surface area (Å²) in [6.45, 7) is 4.16. The number of fused-ring (bicyclic) bond motifs is 2. The summed E-state index contributed by atoms with van der Waals surface area (Å²) in [5.74, 6) is -0.0759. The van der Waals surface area contributed by atoms with E-state index in [0.717, 1.165) is 36.1 Å². The molecule has 1 amide bonds. The number of benzene rings is 2. The molecule has 2 aliphatic rings. The first kappa shape index (κ1) is 19.3. The van der Waals surface area contributed by atoms with Gasteiger partial charge in [-0.15, -0.1) is 11.8 Å². The molecular formula is C21H24N2O3S2. The highest BCUT2D eigenvalue weighted by Gasteiger charge is 2.27. The smallest absolute Gasteiger partial charge is 0.261 e. The van der Waals surface area contributed by atoms with E-state index in [-0.39, 0.29) is 16.1 Å². The van der Waals surface area contributed by atoms with E-state index in [9.17, 15) is 13.2 Å². The quantitative estimate of drug-likeness (QED) is 0.814. The van der Waals surface area contributed by atoms with Crippen LogP contribution < -0.4 is 9.62 Å². The van der Waals surface area contributed by atoms with E-state index in [1.807, 2.05) is 12.1 Å². The van der Waals surface area contributed by atoms with Crippen LogP contribution in [0.15, 0.2) is 46.2 Å². The zero-order valence-electron chi connectivity index (χ0n) is 16.1. The summed E-state index contributed by atoms with van der Waals surface area (Å²) in [5.41, 5.74) is 3.67. The fourth-order valence-electron chi connectivity index (χ4n) is 3.96. The highest BCUT2D eigenvalue weighted by Crippen LogP contribution is 2.40. The Morgan fingerprint density at radius 2 is 1.96 bits per heavy atom. The fraction of sp³-hybridized carbons (Fsp3) is 0.381. The van der Waals surface area contributed by atoms with Crippen molar-refractivity contribution in [1.29, 1.82) is 0 Å². The van der Waals surface area contributed by atoms with E-state index in [1.54, 1.807) is 34.9 Å². The third-order valence-electron chi connectivity index (χ3n) is 5.32. The van der Waals surface area contributed by atoms with Crippen molar-refractivity contribution in [3.63, 3.8) is 0 Å². The molecule has 2 aromatic rings. The van der Waals surface area contributed by atoms with Crippen LogP contribution in [0.3, 0.4) is 0 Å². The highest BCUT2D eigenvalue weighted by atomic mass is 32.2. The van der Waals surface area contributed by atoms with Gasteiger partial charge in [0, 0.05) is 23.6 Å². The van der Waals surface area contributed by atoms with Crippen molar-refractivity contribution < 1.29 is 13.2 Å². The first-order chi connectivity index (χ1) is 13.3. The first-order valence-corrected chi connectivity index (χ1v) is 11.9. The normalized spacial score (nSPS) is 18.9. The van der Waals surface area contributed by atoms with E-state index >= 15 is 0 Å². The fourth-order valence-corrected chi connectivity index (χ4v) is 6.17. The number of aryl methyl sites for hydroxylation is 1. The molecule has 4 rings (SSSR count). The van der Waals surface area contributed by atoms with Crippen molar-refractivity contribution >= 4 is 39.1 Å². The summed E-state index contributed by atoms with van der Waals surface area (Å²) in [6.07, 6.45) is 4.11. The zero-order chi connectivity index (χ0) is 19.9. The molecule has 148 valence electrons. The molecular weight excluding hydrogens is 392 g/mol. The van der Waals surface area contributed by atoms with Gasteiger partial charge in [0.2, 0.25) is 5.91 Å². The number of hydrogen-bond acceptors (Lipinski definition) is 4. The number of rotatable bonds is 3. The van der Waals surface area contributed by atoms with E-state index in [4.69, 9.17) is 0 Å². The maximum atomic E-state index is 13.1. The van der Waals surface area contributed by atoms with Crippen molar-refractivity contribution in [3.8, 4) is 0 Å². The van der Waals surface area contributed by atoms with Crippen LogP contribution in [0.5, 0.6) is 0 Å². The number of nitrogens with zero attached hydrogens (tertiary/aromatic N) is 1. The molecule has 1 N–H and O–H groups in total. The lowest BCUT2D eigenvalue weighted by atomic mass is 9.91. The third-order valence-corrected chi connectivity index (χ3v) is 7.83. The van der Waals surface area contributed by atoms with Gasteiger partial charge < -0.3 is 4.90 Å². The molecule has 0 bridgehead atoms. The number of hydrogen-bond donors (Lipinski definition) is 1. The van der Waals surface area contributed by atoms with Crippen LogP contribution in [0, 0.1) is 0 Å². The van der Waals surface area contributed by atoms with Crippen LogP contribution in [0.25, 0.3) is 0 Å². The lowest BCUT2D eigenvalue weighted by Gasteiger charge is -2.32. The molecule has 0 fully saturated rings. The molecule has 5 nitrogen and oxygen atoms in total. The average molecular weight is 417 g/mol. The lowest BCUT2D eigenvalue weighted by molar-refractivity contribution is -0.116. The Labute approximate surface area is 170 Å². The summed E-state index contributed by atoms with van der Waals surface area (Å²) in [4.78, 5) is 14.9. The number of thioether (sulfide) groups is 1. The summed E-state index contributed by atoms with van der Waals surface area (Å²) in [5, 5.41) is 0.271. The van der Waals surface area contributed by atoms with Gasteiger partial charge in [-0.1, -0.05) is 19.1 Å². The zero-order valence-corrected chi connectivity index (χ0v) is 17.7. The Morgan fingerprint density at radius 3 is 2.75 bits per heavy atom. The summed E-state index contributed by atoms with van der Waals surface area (Å²) >= 11 is 1.67. The largest absolute Gasteiger partial charge is 0.310 e. The lowest BCUT2D eigenvalue weighted by Crippen LogP contribution is -2.37. The number of sulfonamides is 1. The van der Waals surface area contributed by atoms with Crippen LogP contribution in [0.1, 0.15) is 37.8 Å². The molecule has 1 aliphatic heterocycles. The molecule has 2 aromatic carbocycles. The predicted molar refractivity (Wildman–Crippen MR) is 114 cm³/mol. The summed E-state index contributed by atoms with van der Waals surface area (Å²) in [7, 11) is -3.74. The average Bonchev–Trinajstić information content (AvgIpc) is 2.67. The molecule has 0 aromatic heterocycles. The van der Waals surface area contributed by atoms with Crippen LogP contribution in [0.2, 0.25) is 0 Å². The second kappa shape index (κ2) is 7.44. The minimum Gasteiger partial charge on any atom is -0.310 e. The second-order valence-electron chi connectivity index (χ2n) is 7.44. The number of amides is 1. The summed E-state index contributed by atoms with van der Waals surface area (Å²) in [6, 6.07) is 10.9. The minimum atomic E-state index is -3.74. The van der Waals surface area contributed by atoms with Crippen molar-refractivity contribution in [1.82, 2.24) is 0 Å². The van der Waals surface area contributed by atoms with Gasteiger partial charge in [-0.3, -0.25) is 9.52 Å².